The average Bonchev–Trinajstić information content (AvgIpc) is 2.28. The second kappa shape index (κ2) is 5.80. The van der Waals surface area contributed by atoms with E-state index in [1.807, 2.05) is 5.32 Å². The Morgan fingerprint density at radius 3 is 2.22 bits per heavy atom. The van der Waals surface area contributed by atoms with Crippen LogP contribution in [-0.2, 0) is 14.9 Å². The van der Waals surface area contributed by atoms with Crippen LogP contribution >= 0.6 is 11.6 Å². The SMILES string of the molecule is O=C(CCl)NC(=O)Nc1ccc(S(=O)(=O)O)cc1. The van der Waals surface area contributed by atoms with E-state index in [0.29, 0.717) is 0 Å². The van der Waals surface area contributed by atoms with E-state index in [9.17, 15) is 18.0 Å². The number of hydrogen-bond acceptors (Lipinski definition) is 4. The van der Waals surface area contributed by atoms with Crippen molar-refractivity contribution >= 4 is 39.3 Å². The Bertz CT molecular complexity index is 555. The third kappa shape index (κ3) is 4.32. The molecule has 0 bridgehead atoms. The van der Waals surface area contributed by atoms with Crippen LogP contribution in [0.2, 0.25) is 0 Å². The molecule has 0 spiro atoms. The second-order valence-electron chi connectivity index (χ2n) is 3.14. The maximum absolute atomic E-state index is 11.2. The summed E-state index contributed by atoms with van der Waals surface area (Å²) >= 11 is 5.18. The van der Waals surface area contributed by atoms with E-state index >= 15 is 0 Å². The van der Waals surface area contributed by atoms with Crippen molar-refractivity contribution < 1.29 is 22.6 Å². The van der Waals surface area contributed by atoms with Gasteiger partial charge in [0.25, 0.3) is 10.1 Å². The smallest absolute Gasteiger partial charge is 0.308 e. The topological polar surface area (TPSA) is 113 Å². The third-order valence-corrected chi connectivity index (χ3v) is 2.89. The summed E-state index contributed by atoms with van der Waals surface area (Å²) in [5.74, 6) is -1.02. The Kier molecular flexibility index (Phi) is 4.65. The molecule has 0 aromatic heterocycles. The van der Waals surface area contributed by atoms with Gasteiger partial charge in [0, 0.05) is 5.69 Å². The molecule has 3 amide bonds. The molecule has 0 aliphatic rings. The first-order valence-corrected chi connectivity index (χ1v) is 6.55. The number of hydrogen-bond donors (Lipinski definition) is 3. The van der Waals surface area contributed by atoms with Crippen molar-refractivity contribution in [2.45, 2.75) is 4.90 Å². The number of benzene rings is 1. The second-order valence-corrected chi connectivity index (χ2v) is 4.82. The molecule has 7 nitrogen and oxygen atoms in total. The minimum absolute atomic E-state index is 0.252. The maximum atomic E-state index is 11.2. The molecular formula is C9H9ClN2O5S. The summed E-state index contributed by atoms with van der Waals surface area (Å²) in [6.45, 7) is 0. The first-order valence-electron chi connectivity index (χ1n) is 4.57. The van der Waals surface area contributed by atoms with Gasteiger partial charge in [-0.25, -0.2) is 4.79 Å². The summed E-state index contributed by atoms with van der Waals surface area (Å²) in [6, 6.07) is 3.94. The number of urea groups is 1. The lowest BCUT2D eigenvalue weighted by atomic mass is 10.3. The minimum Gasteiger partial charge on any atom is -0.308 e. The molecule has 98 valence electrons. The van der Waals surface area contributed by atoms with Crippen LogP contribution in [0.4, 0.5) is 10.5 Å². The number of carbonyl (C=O) groups is 2. The van der Waals surface area contributed by atoms with Crippen LogP contribution in [0.5, 0.6) is 0 Å². The van der Waals surface area contributed by atoms with Crippen LogP contribution in [-0.4, -0.2) is 30.8 Å². The molecule has 0 fully saturated rings. The van der Waals surface area contributed by atoms with E-state index in [0.717, 1.165) is 12.1 Å². The molecular weight excluding hydrogens is 284 g/mol. The zero-order valence-electron chi connectivity index (χ0n) is 8.88. The largest absolute Gasteiger partial charge is 0.325 e. The monoisotopic (exact) mass is 292 g/mol. The molecule has 0 aliphatic carbocycles. The molecule has 3 N–H and O–H groups in total. The zero-order chi connectivity index (χ0) is 13.8. The van der Waals surface area contributed by atoms with Crippen molar-refractivity contribution in [2.75, 3.05) is 11.2 Å². The van der Waals surface area contributed by atoms with Crippen molar-refractivity contribution in [3.63, 3.8) is 0 Å². The summed E-state index contributed by atoms with van der Waals surface area (Å²) in [7, 11) is -4.27. The van der Waals surface area contributed by atoms with Gasteiger partial charge in [-0.15, -0.1) is 11.6 Å². The average molecular weight is 293 g/mol. The number of imide groups is 1. The molecule has 0 aliphatic heterocycles. The molecule has 0 atom stereocenters. The number of anilines is 1. The van der Waals surface area contributed by atoms with E-state index in [-0.39, 0.29) is 16.5 Å². The van der Waals surface area contributed by atoms with Crippen LogP contribution in [0.1, 0.15) is 0 Å². The highest BCUT2D eigenvalue weighted by Crippen LogP contribution is 2.13. The van der Waals surface area contributed by atoms with Crippen LogP contribution < -0.4 is 10.6 Å². The van der Waals surface area contributed by atoms with Crippen molar-refractivity contribution in [1.82, 2.24) is 5.32 Å². The third-order valence-electron chi connectivity index (χ3n) is 1.78. The standard InChI is InChI=1S/C9H9ClN2O5S/c10-5-8(13)12-9(14)11-6-1-3-7(4-2-6)18(15,16)17/h1-4H,5H2,(H,15,16,17)(H2,11,12,13,14). The zero-order valence-corrected chi connectivity index (χ0v) is 10.5. The molecule has 0 heterocycles. The Morgan fingerprint density at radius 1 is 1.22 bits per heavy atom. The van der Waals surface area contributed by atoms with Crippen molar-refractivity contribution in [3.05, 3.63) is 24.3 Å². The molecule has 1 rings (SSSR count). The highest BCUT2D eigenvalue weighted by Gasteiger charge is 2.10. The van der Waals surface area contributed by atoms with Gasteiger partial charge in [-0.05, 0) is 24.3 Å². The number of nitrogens with one attached hydrogen (secondary N) is 2. The van der Waals surface area contributed by atoms with Gasteiger partial charge in [-0.3, -0.25) is 14.7 Å². The van der Waals surface area contributed by atoms with E-state index in [1.54, 1.807) is 0 Å². The lowest BCUT2D eigenvalue weighted by molar-refractivity contribution is -0.117. The fraction of sp³-hybridized carbons (Fsp3) is 0.111. The van der Waals surface area contributed by atoms with Gasteiger partial charge in [0.05, 0.1) is 4.90 Å². The molecule has 0 saturated heterocycles. The Morgan fingerprint density at radius 2 is 1.78 bits per heavy atom. The molecule has 0 saturated carbocycles. The fourth-order valence-corrected chi connectivity index (χ4v) is 1.58. The summed E-state index contributed by atoms with van der Waals surface area (Å²) < 4.78 is 30.2. The number of carbonyl (C=O) groups excluding carboxylic acids is 2. The maximum Gasteiger partial charge on any atom is 0.325 e. The number of alkyl halides is 1. The Hall–Kier alpha value is -1.64. The van der Waals surface area contributed by atoms with Gasteiger partial charge in [-0.2, -0.15) is 8.42 Å². The van der Waals surface area contributed by atoms with E-state index < -0.39 is 22.1 Å². The first-order chi connectivity index (χ1) is 8.32. The fourth-order valence-electron chi connectivity index (χ4n) is 1.03. The molecule has 1 aromatic rings. The van der Waals surface area contributed by atoms with E-state index in [2.05, 4.69) is 5.32 Å². The highest BCUT2D eigenvalue weighted by atomic mass is 35.5. The predicted octanol–water partition coefficient (Wildman–Crippen LogP) is 0.820. The first kappa shape index (κ1) is 14.4. The lowest BCUT2D eigenvalue weighted by Crippen LogP contribution is -2.35. The van der Waals surface area contributed by atoms with Gasteiger partial charge >= 0.3 is 6.03 Å². The van der Waals surface area contributed by atoms with Crippen molar-refractivity contribution in [1.29, 1.82) is 0 Å². The van der Waals surface area contributed by atoms with Crippen molar-refractivity contribution in [3.8, 4) is 0 Å². The van der Waals surface area contributed by atoms with Gasteiger partial charge in [0.15, 0.2) is 0 Å². The van der Waals surface area contributed by atoms with Gasteiger partial charge in [0.1, 0.15) is 5.88 Å². The molecule has 9 heteroatoms. The summed E-state index contributed by atoms with van der Waals surface area (Å²) in [4.78, 5) is 21.7. The molecule has 18 heavy (non-hydrogen) atoms. The highest BCUT2D eigenvalue weighted by molar-refractivity contribution is 7.85. The minimum atomic E-state index is -4.27. The van der Waals surface area contributed by atoms with Crippen LogP contribution in [0.3, 0.4) is 0 Å². The van der Waals surface area contributed by atoms with Crippen LogP contribution in [0, 0.1) is 0 Å². The van der Waals surface area contributed by atoms with Gasteiger partial charge in [-0.1, -0.05) is 0 Å². The summed E-state index contributed by atoms with van der Waals surface area (Å²) in [6.07, 6.45) is 0. The van der Waals surface area contributed by atoms with E-state index in [1.165, 1.54) is 12.1 Å². The number of halogens is 1. The Labute approximate surface area is 108 Å². The number of amides is 3. The van der Waals surface area contributed by atoms with Gasteiger partial charge in [0.2, 0.25) is 5.91 Å². The van der Waals surface area contributed by atoms with E-state index in [4.69, 9.17) is 16.2 Å². The molecule has 0 unspecified atom stereocenters. The predicted molar refractivity (Wildman–Crippen MR) is 64.1 cm³/mol. The molecule has 1 aromatic carbocycles. The van der Waals surface area contributed by atoms with Crippen LogP contribution in [0.15, 0.2) is 29.2 Å². The number of rotatable bonds is 3. The van der Waals surface area contributed by atoms with Crippen molar-refractivity contribution in [2.24, 2.45) is 0 Å². The normalized spacial score (nSPS) is 10.8. The summed E-state index contributed by atoms with van der Waals surface area (Å²) in [5, 5.41) is 4.21. The lowest BCUT2D eigenvalue weighted by Gasteiger charge is -2.05. The summed E-state index contributed by atoms with van der Waals surface area (Å²) in [5.41, 5.74) is 0.252. The molecule has 0 radical (unpaired) electrons. The van der Waals surface area contributed by atoms with Crippen LogP contribution in [0.25, 0.3) is 0 Å². The quantitative estimate of drug-likeness (QED) is 0.564. The Balaban J connectivity index is 2.70. The van der Waals surface area contributed by atoms with Gasteiger partial charge < -0.3 is 5.32 Å².